The molecule has 1 atom stereocenters. The van der Waals surface area contributed by atoms with Crippen LogP contribution in [0.25, 0.3) is 11.0 Å². The molecule has 0 radical (unpaired) electrons. The number of amides is 2. The summed E-state index contributed by atoms with van der Waals surface area (Å²) in [5, 5.41) is 0. The van der Waals surface area contributed by atoms with Crippen molar-refractivity contribution < 1.29 is 18.7 Å². The van der Waals surface area contributed by atoms with E-state index < -0.39 is 0 Å². The molecule has 166 valence electrons. The molecule has 2 amide bonds. The highest BCUT2D eigenvalue weighted by Crippen LogP contribution is 2.19. The average molecular weight is 436 g/mol. The fourth-order valence-corrected chi connectivity index (χ4v) is 3.83. The molecule has 7 nitrogen and oxygen atoms in total. The second-order valence-electron chi connectivity index (χ2n) is 8.11. The second-order valence-corrected chi connectivity index (χ2v) is 8.11. The van der Waals surface area contributed by atoms with E-state index in [9.17, 15) is 14.0 Å². The molecule has 1 aliphatic rings. The summed E-state index contributed by atoms with van der Waals surface area (Å²) < 4.78 is 19.3. The molecule has 3 aromatic rings. The van der Waals surface area contributed by atoms with Crippen molar-refractivity contribution in [1.29, 1.82) is 0 Å². The highest BCUT2D eigenvalue weighted by molar-refractivity contribution is 6.05. The SMILES string of the molecule is CC(C)N1C[C@@H](OCc2ccc(F)cc2)CN(C(=O)c2cccc3nccnc23)CC1=O. The third kappa shape index (κ3) is 4.75. The molecule has 1 fully saturated rings. The Bertz CT molecular complexity index is 1110. The van der Waals surface area contributed by atoms with Crippen LogP contribution in [0.1, 0.15) is 29.8 Å². The first-order valence-corrected chi connectivity index (χ1v) is 10.6. The van der Waals surface area contributed by atoms with Gasteiger partial charge >= 0.3 is 0 Å². The maximum Gasteiger partial charge on any atom is 0.256 e. The number of hydrogen-bond donors (Lipinski definition) is 0. The van der Waals surface area contributed by atoms with Crippen LogP contribution in [0, 0.1) is 5.82 Å². The van der Waals surface area contributed by atoms with Gasteiger partial charge in [0, 0.05) is 31.5 Å². The summed E-state index contributed by atoms with van der Waals surface area (Å²) in [7, 11) is 0. The van der Waals surface area contributed by atoms with Gasteiger partial charge in [0.15, 0.2) is 0 Å². The zero-order valence-electron chi connectivity index (χ0n) is 18.1. The molecule has 1 saturated heterocycles. The lowest BCUT2D eigenvalue weighted by atomic mass is 10.1. The Morgan fingerprint density at radius 3 is 2.62 bits per heavy atom. The van der Waals surface area contributed by atoms with Gasteiger partial charge in [0.25, 0.3) is 5.91 Å². The van der Waals surface area contributed by atoms with Crippen molar-refractivity contribution in [2.45, 2.75) is 32.6 Å². The summed E-state index contributed by atoms with van der Waals surface area (Å²) in [6, 6.07) is 11.3. The topological polar surface area (TPSA) is 75.6 Å². The number of ether oxygens (including phenoxy) is 1. The molecule has 0 N–H and O–H groups in total. The van der Waals surface area contributed by atoms with E-state index in [0.29, 0.717) is 23.1 Å². The minimum Gasteiger partial charge on any atom is -0.370 e. The molecule has 8 heteroatoms. The van der Waals surface area contributed by atoms with E-state index in [1.807, 2.05) is 13.8 Å². The maximum absolute atomic E-state index is 13.4. The van der Waals surface area contributed by atoms with Gasteiger partial charge in [-0.15, -0.1) is 0 Å². The standard InChI is InChI=1S/C24H25FN4O3/c1-16(2)29-13-19(32-15-17-6-8-18(25)9-7-17)12-28(14-22(29)30)24(31)20-4-3-5-21-23(20)27-11-10-26-21/h3-11,16,19H,12-15H2,1-2H3/t19-/m0/s1. The van der Waals surface area contributed by atoms with Gasteiger partial charge in [-0.25, -0.2) is 4.39 Å². The summed E-state index contributed by atoms with van der Waals surface area (Å²) in [6.45, 7) is 4.72. The Labute approximate surface area is 185 Å². The summed E-state index contributed by atoms with van der Waals surface area (Å²) in [6.07, 6.45) is 2.73. The largest absolute Gasteiger partial charge is 0.370 e. The Morgan fingerprint density at radius 2 is 1.88 bits per heavy atom. The molecule has 1 aromatic heterocycles. The smallest absolute Gasteiger partial charge is 0.256 e. The van der Waals surface area contributed by atoms with Crippen molar-refractivity contribution in [2.24, 2.45) is 0 Å². The van der Waals surface area contributed by atoms with Gasteiger partial charge in [0.05, 0.1) is 23.8 Å². The minimum absolute atomic E-state index is 0.0297. The highest BCUT2D eigenvalue weighted by Gasteiger charge is 2.33. The molecular weight excluding hydrogens is 411 g/mol. The van der Waals surface area contributed by atoms with Crippen molar-refractivity contribution >= 4 is 22.8 Å². The van der Waals surface area contributed by atoms with Gasteiger partial charge in [0.2, 0.25) is 5.91 Å². The van der Waals surface area contributed by atoms with E-state index in [1.165, 1.54) is 17.0 Å². The Kier molecular flexibility index (Phi) is 6.41. The Morgan fingerprint density at radius 1 is 1.12 bits per heavy atom. The molecule has 0 saturated carbocycles. The van der Waals surface area contributed by atoms with Crippen LogP contribution in [0.5, 0.6) is 0 Å². The van der Waals surface area contributed by atoms with Gasteiger partial charge in [-0.05, 0) is 43.7 Å². The van der Waals surface area contributed by atoms with Crippen molar-refractivity contribution in [1.82, 2.24) is 19.8 Å². The first-order chi connectivity index (χ1) is 15.4. The van der Waals surface area contributed by atoms with Crippen LogP contribution in [0.2, 0.25) is 0 Å². The van der Waals surface area contributed by atoms with Crippen molar-refractivity contribution in [3.63, 3.8) is 0 Å². The van der Waals surface area contributed by atoms with E-state index in [0.717, 1.165) is 5.56 Å². The zero-order chi connectivity index (χ0) is 22.7. The normalized spacial score (nSPS) is 17.1. The Balaban J connectivity index is 1.58. The predicted octanol–water partition coefficient (Wildman–Crippen LogP) is 3.05. The van der Waals surface area contributed by atoms with Crippen molar-refractivity contribution in [3.8, 4) is 0 Å². The van der Waals surface area contributed by atoms with E-state index in [2.05, 4.69) is 9.97 Å². The molecule has 2 aromatic carbocycles. The first-order valence-electron chi connectivity index (χ1n) is 10.6. The van der Waals surface area contributed by atoms with Crippen molar-refractivity contribution in [2.75, 3.05) is 19.6 Å². The lowest BCUT2D eigenvalue weighted by molar-refractivity contribution is -0.133. The third-order valence-corrected chi connectivity index (χ3v) is 5.51. The zero-order valence-corrected chi connectivity index (χ0v) is 18.1. The summed E-state index contributed by atoms with van der Waals surface area (Å²) in [5.41, 5.74) is 2.34. The van der Waals surface area contributed by atoms with Crippen LogP contribution in [-0.4, -0.2) is 63.4 Å². The number of benzene rings is 2. The number of aromatic nitrogens is 2. The maximum atomic E-state index is 13.4. The van der Waals surface area contributed by atoms with Crippen LogP contribution in [0.4, 0.5) is 4.39 Å². The van der Waals surface area contributed by atoms with Crippen LogP contribution in [0.3, 0.4) is 0 Å². The van der Waals surface area contributed by atoms with E-state index >= 15 is 0 Å². The van der Waals surface area contributed by atoms with Crippen molar-refractivity contribution in [3.05, 3.63) is 71.8 Å². The fraction of sp³-hybridized carbons (Fsp3) is 0.333. The number of halogens is 1. The number of carbonyl (C=O) groups is 2. The third-order valence-electron chi connectivity index (χ3n) is 5.51. The van der Waals surface area contributed by atoms with Crippen LogP contribution in [0.15, 0.2) is 54.9 Å². The van der Waals surface area contributed by atoms with Crippen LogP contribution in [-0.2, 0) is 16.1 Å². The van der Waals surface area contributed by atoms with E-state index in [-0.39, 0.29) is 49.5 Å². The summed E-state index contributed by atoms with van der Waals surface area (Å²) >= 11 is 0. The summed E-state index contributed by atoms with van der Waals surface area (Å²) in [5.74, 6) is -0.729. The van der Waals surface area contributed by atoms with Crippen LogP contribution >= 0.6 is 0 Å². The average Bonchev–Trinajstić information content (AvgIpc) is 2.96. The van der Waals surface area contributed by atoms with Crippen LogP contribution < -0.4 is 0 Å². The minimum atomic E-state index is -0.390. The van der Waals surface area contributed by atoms with E-state index in [4.69, 9.17) is 4.74 Å². The van der Waals surface area contributed by atoms with Gasteiger partial charge < -0.3 is 14.5 Å². The monoisotopic (exact) mass is 436 g/mol. The fourth-order valence-electron chi connectivity index (χ4n) is 3.83. The molecule has 2 heterocycles. The number of hydrogen-bond acceptors (Lipinski definition) is 5. The molecule has 0 aliphatic carbocycles. The number of fused-ring (bicyclic) bond motifs is 1. The van der Waals surface area contributed by atoms with Gasteiger partial charge in [-0.3, -0.25) is 19.6 Å². The lowest BCUT2D eigenvalue weighted by Gasteiger charge is -2.27. The second kappa shape index (κ2) is 9.40. The quantitative estimate of drug-likeness (QED) is 0.615. The lowest BCUT2D eigenvalue weighted by Crippen LogP contribution is -2.42. The molecular formula is C24H25FN4O3. The molecule has 1 aliphatic heterocycles. The molecule has 4 rings (SSSR count). The number of para-hydroxylation sites is 1. The molecule has 32 heavy (non-hydrogen) atoms. The molecule has 0 spiro atoms. The predicted molar refractivity (Wildman–Crippen MR) is 117 cm³/mol. The number of rotatable bonds is 5. The van der Waals surface area contributed by atoms with Gasteiger partial charge in [-0.2, -0.15) is 0 Å². The highest BCUT2D eigenvalue weighted by atomic mass is 19.1. The number of carbonyl (C=O) groups excluding carboxylic acids is 2. The van der Waals surface area contributed by atoms with E-state index in [1.54, 1.807) is 47.6 Å². The first kappa shape index (κ1) is 21.8. The van der Waals surface area contributed by atoms with Gasteiger partial charge in [-0.1, -0.05) is 18.2 Å². The van der Waals surface area contributed by atoms with Gasteiger partial charge in [0.1, 0.15) is 17.9 Å². The molecule has 0 unspecified atom stereocenters. The summed E-state index contributed by atoms with van der Waals surface area (Å²) in [4.78, 5) is 38.2. The molecule has 0 bridgehead atoms. The number of nitrogens with zero attached hydrogens (tertiary/aromatic N) is 4. The Hall–Kier alpha value is -3.39.